The van der Waals surface area contributed by atoms with Crippen LogP contribution in [0.5, 0.6) is 0 Å². The number of fused-ring (bicyclic) bond motifs is 1. The Morgan fingerprint density at radius 1 is 1.32 bits per heavy atom. The van der Waals surface area contributed by atoms with E-state index in [1.165, 1.54) is 25.2 Å². The maximum Gasteiger partial charge on any atom is 0.160 e. The Hall–Kier alpha value is -1.42. The van der Waals surface area contributed by atoms with E-state index in [0.717, 1.165) is 17.7 Å². The van der Waals surface area contributed by atoms with E-state index in [2.05, 4.69) is 55.1 Å². The zero-order valence-corrected chi connectivity index (χ0v) is 14.5. The van der Waals surface area contributed by atoms with Gasteiger partial charge in [-0.05, 0) is 50.8 Å². The molecule has 0 amide bonds. The van der Waals surface area contributed by atoms with Gasteiger partial charge in [-0.3, -0.25) is 4.90 Å². The van der Waals surface area contributed by atoms with Crippen LogP contribution < -0.4 is 0 Å². The first-order valence-electron chi connectivity index (χ1n) is 8.44. The monoisotopic (exact) mass is 300 g/mol. The van der Waals surface area contributed by atoms with Gasteiger partial charge < -0.3 is 4.57 Å². The third-order valence-corrected chi connectivity index (χ3v) is 4.42. The first kappa shape index (κ1) is 15.5. The molecule has 1 atom stereocenters. The molecule has 2 aromatic rings. The van der Waals surface area contributed by atoms with E-state index < -0.39 is 0 Å². The van der Waals surface area contributed by atoms with Crippen molar-refractivity contribution in [3.05, 3.63) is 24.2 Å². The number of likely N-dealkylation sites (tertiary alicyclic amines) is 1. The summed E-state index contributed by atoms with van der Waals surface area (Å²) in [6, 6.07) is 5.05. The van der Waals surface area contributed by atoms with Gasteiger partial charge in [-0.15, -0.1) is 0 Å². The quantitative estimate of drug-likeness (QED) is 0.858. The fraction of sp³-hybridized carbons (Fsp3) is 0.667. The highest BCUT2D eigenvalue weighted by Crippen LogP contribution is 2.35. The van der Waals surface area contributed by atoms with Crippen LogP contribution in [0, 0.1) is 5.41 Å². The zero-order valence-electron chi connectivity index (χ0n) is 14.5. The molecule has 4 nitrogen and oxygen atoms in total. The molecule has 0 bridgehead atoms. The second kappa shape index (κ2) is 5.65. The zero-order chi connectivity index (χ0) is 15.9. The van der Waals surface area contributed by atoms with Crippen LogP contribution in [0.4, 0.5) is 0 Å². The Morgan fingerprint density at radius 2 is 2.09 bits per heavy atom. The fourth-order valence-electron chi connectivity index (χ4n) is 3.54. The molecule has 0 saturated carbocycles. The van der Waals surface area contributed by atoms with Crippen LogP contribution in [-0.4, -0.2) is 32.0 Å². The lowest BCUT2D eigenvalue weighted by atomic mass is 9.96. The number of nitrogens with zero attached hydrogens (tertiary/aromatic N) is 4. The summed E-state index contributed by atoms with van der Waals surface area (Å²) in [6.07, 6.45) is 4.34. The van der Waals surface area contributed by atoms with E-state index in [9.17, 15) is 0 Å². The normalized spacial score (nSPS) is 20.4. The Bertz CT molecular complexity index is 651. The maximum atomic E-state index is 4.97. The van der Waals surface area contributed by atoms with Crippen LogP contribution in [-0.2, 0) is 6.54 Å². The minimum atomic E-state index is 0.209. The molecule has 0 radical (unpaired) electrons. The van der Waals surface area contributed by atoms with Crippen molar-refractivity contribution in [2.24, 2.45) is 5.41 Å². The largest absolute Gasteiger partial charge is 0.311 e. The van der Waals surface area contributed by atoms with Gasteiger partial charge in [-0.2, -0.15) is 0 Å². The number of hydrogen-bond donors (Lipinski definition) is 0. The molecule has 0 N–H and O–H groups in total. The van der Waals surface area contributed by atoms with Gasteiger partial charge in [0.2, 0.25) is 0 Å². The van der Waals surface area contributed by atoms with Crippen LogP contribution >= 0.6 is 0 Å². The van der Waals surface area contributed by atoms with Crippen molar-refractivity contribution in [3.8, 4) is 0 Å². The lowest BCUT2D eigenvalue weighted by Gasteiger charge is -2.29. The predicted octanol–water partition coefficient (Wildman–Crippen LogP) is 4.02. The van der Waals surface area contributed by atoms with Crippen molar-refractivity contribution >= 4 is 11.2 Å². The van der Waals surface area contributed by atoms with Crippen molar-refractivity contribution < 1.29 is 0 Å². The molecule has 3 heterocycles. The van der Waals surface area contributed by atoms with Crippen LogP contribution in [0.25, 0.3) is 11.2 Å². The fourth-order valence-corrected chi connectivity index (χ4v) is 3.54. The summed E-state index contributed by atoms with van der Waals surface area (Å²) in [7, 11) is 0. The third-order valence-electron chi connectivity index (χ3n) is 4.42. The predicted molar refractivity (Wildman–Crippen MR) is 90.8 cm³/mol. The van der Waals surface area contributed by atoms with Gasteiger partial charge in [0, 0.05) is 18.8 Å². The first-order chi connectivity index (χ1) is 10.4. The van der Waals surface area contributed by atoms with Gasteiger partial charge in [0.1, 0.15) is 11.3 Å². The smallest absolute Gasteiger partial charge is 0.160 e. The molecule has 22 heavy (non-hydrogen) atoms. The number of imidazole rings is 1. The number of hydrogen-bond acceptors (Lipinski definition) is 3. The summed E-state index contributed by atoms with van der Waals surface area (Å²) in [5.41, 5.74) is 2.27. The summed E-state index contributed by atoms with van der Waals surface area (Å²) < 4.78 is 2.36. The van der Waals surface area contributed by atoms with E-state index in [0.29, 0.717) is 12.1 Å². The van der Waals surface area contributed by atoms with Crippen LogP contribution in [0.15, 0.2) is 18.3 Å². The number of pyridine rings is 1. The van der Waals surface area contributed by atoms with Crippen molar-refractivity contribution in [1.82, 2.24) is 19.4 Å². The Kier molecular flexibility index (Phi) is 3.98. The van der Waals surface area contributed by atoms with Gasteiger partial charge in [0.25, 0.3) is 0 Å². The second-order valence-corrected chi connectivity index (χ2v) is 7.95. The number of aromatic nitrogens is 3. The molecule has 0 spiro atoms. The third kappa shape index (κ3) is 2.89. The van der Waals surface area contributed by atoms with E-state index in [1.807, 2.05) is 12.3 Å². The minimum Gasteiger partial charge on any atom is -0.311 e. The molecule has 1 fully saturated rings. The van der Waals surface area contributed by atoms with E-state index in [1.54, 1.807) is 0 Å². The molecule has 3 rings (SSSR count). The molecular formula is C18H28N4. The van der Waals surface area contributed by atoms with E-state index >= 15 is 0 Å². The molecule has 2 aromatic heterocycles. The summed E-state index contributed by atoms with van der Waals surface area (Å²) in [6.45, 7) is 13.5. The van der Waals surface area contributed by atoms with E-state index in [-0.39, 0.29) is 5.41 Å². The molecule has 1 aliphatic rings. The van der Waals surface area contributed by atoms with E-state index in [4.69, 9.17) is 4.98 Å². The summed E-state index contributed by atoms with van der Waals surface area (Å²) >= 11 is 0. The van der Waals surface area contributed by atoms with Gasteiger partial charge in [0.15, 0.2) is 5.65 Å². The summed E-state index contributed by atoms with van der Waals surface area (Å²) in [5, 5.41) is 0. The van der Waals surface area contributed by atoms with Crippen molar-refractivity contribution in [2.75, 3.05) is 6.54 Å². The topological polar surface area (TPSA) is 34.0 Å². The average molecular weight is 300 g/mol. The lowest BCUT2D eigenvalue weighted by Crippen LogP contribution is -2.32. The Labute approximate surface area is 133 Å². The summed E-state index contributed by atoms with van der Waals surface area (Å²) in [5.74, 6) is 1.20. The van der Waals surface area contributed by atoms with Crippen molar-refractivity contribution in [3.63, 3.8) is 0 Å². The minimum absolute atomic E-state index is 0.209. The summed E-state index contributed by atoms with van der Waals surface area (Å²) in [4.78, 5) is 12.2. The first-order valence-corrected chi connectivity index (χ1v) is 8.44. The molecule has 0 aliphatic carbocycles. The second-order valence-electron chi connectivity index (χ2n) is 7.95. The highest BCUT2D eigenvalue weighted by molar-refractivity contribution is 5.71. The van der Waals surface area contributed by atoms with Crippen LogP contribution in [0.1, 0.15) is 59.3 Å². The molecule has 1 aliphatic heterocycles. The lowest BCUT2D eigenvalue weighted by molar-refractivity contribution is 0.191. The molecule has 4 heteroatoms. The molecular weight excluding hydrogens is 272 g/mol. The van der Waals surface area contributed by atoms with Crippen LogP contribution in [0.3, 0.4) is 0 Å². The standard InChI is InChI=1S/C18H28N4/c1-13(2)21-11-7-9-15(21)17-20-14-8-6-10-19-16(14)22(17)12-18(3,4)5/h6,8,10,13,15H,7,9,11-12H2,1-5H3. The number of rotatable bonds is 3. The van der Waals surface area contributed by atoms with Gasteiger partial charge in [0.05, 0.1) is 6.04 Å². The Balaban J connectivity index is 2.10. The SMILES string of the molecule is CC(C)N1CCCC1c1nc2cccnc2n1CC(C)(C)C. The Morgan fingerprint density at radius 3 is 2.77 bits per heavy atom. The van der Waals surface area contributed by atoms with Crippen molar-refractivity contribution in [2.45, 2.75) is 66.1 Å². The highest BCUT2D eigenvalue weighted by atomic mass is 15.3. The molecule has 0 aromatic carbocycles. The van der Waals surface area contributed by atoms with Gasteiger partial charge in [-0.25, -0.2) is 9.97 Å². The van der Waals surface area contributed by atoms with Crippen LogP contribution in [0.2, 0.25) is 0 Å². The molecule has 120 valence electrons. The average Bonchev–Trinajstić information content (AvgIpc) is 3.02. The molecule has 1 saturated heterocycles. The highest BCUT2D eigenvalue weighted by Gasteiger charge is 2.33. The molecule has 1 unspecified atom stereocenters. The van der Waals surface area contributed by atoms with Gasteiger partial charge in [-0.1, -0.05) is 20.8 Å². The van der Waals surface area contributed by atoms with Crippen molar-refractivity contribution in [1.29, 1.82) is 0 Å². The maximum absolute atomic E-state index is 4.97. The van der Waals surface area contributed by atoms with Gasteiger partial charge >= 0.3 is 0 Å².